The zero-order valence-corrected chi connectivity index (χ0v) is 11.7. The van der Waals surface area contributed by atoms with Crippen molar-refractivity contribution in [3.63, 3.8) is 0 Å². The first-order chi connectivity index (χ1) is 10.0. The molecule has 7 heteroatoms. The van der Waals surface area contributed by atoms with Crippen molar-refractivity contribution in [3.05, 3.63) is 29.8 Å². The minimum Gasteiger partial charge on any atom is -0.508 e. The van der Waals surface area contributed by atoms with Crippen molar-refractivity contribution < 1.29 is 29.3 Å². The number of hydrogen-bond donors (Lipinski definition) is 3. The van der Waals surface area contributed by atoms with Crippen LogP contribution in [-0.2, 0) is 25.5 Å². The second kappa shape index (κ2) is 8.93. The van der Waals surface area contributed by atoms with E-state index in [1.165, 1.54) is 19.2 Å². The SMILES string of the molecule is COCCOCC(=O)NC(Cc1ccc(O)cc1)C(=O)O. The normalized spacial score (nSPS) is 11.9. The molecule has 7 nitrogen and oxygen atoms in total. The van der Waals surface area contributed by atoms with Crippen LogP contribution in [0, 0.1) is 0 Å². The second-order valence-electron chi connectivity index (χ2n) is 4.37. The Morgan fingerprint density at radius 1 is 1.24 bits per heavy atom. The summed E-state index contributed by atoms with van der Waals surface area (Å²) in [6.07, 6.45) is 0.124. The molecule has 0 fully saturated rings. The number of phenols is 1. The molecule has 3 N–H and O–H groups in total. The van der Waals surface area contributed by atoms with Crippen molar-refractivity contribution in [2.75, 3.05) is 26.9 Å². The highest BCUT2D eigenvalue weighted by molar-refractivity contribution is 5.84. The van der Waals surface area contributed by atoms with Crippen LogP contribution in [0.3, 0.4) is 0 Å². The molecule has 1 aromatic carbocycles. The lowest BCUT2D eigenvalue weighted by molar-refractivity contribution is -0.142. The zero-order valence-electron chi connectivity index (χ0n) is 11.7. The third kappa shape index (κ3) is 6.73. The summed E-state index contributed by atoms with van der Waals surface area (Å²) < 4.78 is 9.78. The van der Waals surface area contributed by atoms with E-state index in [9.17, 15) is 14.7 Å². The van der Waals surface area contributed by atoms with Crippen LogP contribution in [0.2, 0.25) is 0 Å². The summed E-state index contributed by atoms with van der Waals surface area (Å²) in [5.41, 5.74) is 0.695. The summed E-state index contributed by atoms with van der Waals surface area (Å²) in [6, 6.07) is 5.08. The van der Waals surface area contributed by atoms with Crippen LogP contribution in [-0.4, -0.2) is 55.1 Å². The molecular formula is C14H19NO6. The van der Waals surface area contributed by atoms with Gasteiger partial charge in [-0.15, -0.1) is 0 Å². The fourth-order valence-corrected chi connectivity index (χ4v) is 1.61. The molecule has 0 bridgehead atoms. The van der Waals surface area contributed by atoms with Crippen LogP contribution in [0.5, 0.6) is 5.75 Å². The molecule has 1 atom stereocenters. The number of rotatable bonds is 9. The number of aromatic hydroxyl groups is 1. The molecule has 1 unspecified atom stereocenters. The average molecular weight is 297 g/mol. The van der Waals surface area contributed by atoms with E-state index in [1.54, 1.807) is 12.1 Å². The Labute approximate surface area is 122 Å². The fraction of sp³-hybridized carbons (Fsp3) is 0.429. The molecule has 0 heterocycles. The van der Waals surface area contributed by atoms with Crippen LogP contribution >= 0.6 is 0 Å². The number of benzene rings is 1. The van der Waals surface area contributed by atoms with E-state index in [1.807, 2.05) is 0 Å². The van der Waals surface area contributed by atoms with E-state index in [0.29, 0.717) is 12.2 Å². The molecule has 1 rings (SSSR count). The van der Waals surface area contributed by atoms with Gasteiger partial charge >= 0.3 is 5.97 Å². The van der Waals surface area contributed by atoms with Gasteiger partial charge in [0.2, 0.25) is 5.91 Å². The number of carbonyl (C=O) groups is 2. The molecule has 0 saturated heterocycles. The highest BCUT2D eigenvalue weighted by Crippen LogP contribution is 2.11. The molecule has 0 aliphatic carbocycles. The Kier molecular flexibility index (Phi) is 7.20. The van der Waals surface area contributed by atoms with Crippen molar-refractivity contribution in [3.8, 4) is 5.75 Å². The van der Waals surface area contributed by atoms with E-state index in [-0.39, 0.29) is 25.4 Å². The zero-order chi connectivity index (χ0) is 15.7. The maximum Gasteiger partial charge on any atom is 0.326 e. The number of carboxylic acids is 1. The standard InChI is InChI=1S/C14H19NO6/c1-20-6-7-21-9-13(17)15-12(14(18)19)8-10-2-4-11(16)5-3-10/h2-5,12,16H,6-9H2,1H3,(H,15,17)(H,18,19). The quantitative estimate of drug-likeness (QED) is 0.561. The smallest absolute Gasteiger partial charge is 0.326 e. The molecule has 0 spiro atoms. The molecule has 116 valence electrons. The molecule has 21 heavy (non-hydrogen) atoms. The van der Waals surface area contributed by atoms with E-state index < -0.39 is 17.9 Å². The first kappa shape index (κ1) is 16.9. The van der Waals surface area contributed by atoms with E-state index in [4.69, 9.17) is 14.6 Å². The number of nitrogens with one attached hydrogen (secondary N) is 1. The third-order valence-corrected chi connectivity index (χ3v) is 2.67. The Morgan fingerprint density at radius 2 is 1.90 bits per heavy atom. The molecule has 0 aliphatic rings. The largest absolute Gasteiger partial charge is 0.508 e. The van der Waals surface area contributed by atoms with Gasteiger partial charge in [0.25, 0.3) is 0 Å². The number of ether oxygens (including phenoxy) is 2. The van der Waals surface area contributed by atoms with Crippen LogP contribution in [0.15, 0.2) is 24.3 Å². The number of amides is 1. The van der Waals surface area contributed by atoms with Gasteiger partial charge < -0.3 is 25.0 Å². The van der Waals surface area contributed by atoms with Gasteiger partial charge in [-0.2, -0.15) is 0 Å². The first-order valence-electron chi connectivity index (χ1n) is 6.39. The first-order valence-corrected chi connectivity index (χ1v) is 6.39. The summed E-state index contributed by atoms with van der Waals surface area (Å²) >= 11 is 0. The van der Waals surface area contributed by atoms with Crippen molar-refractivity contribution in [1.82, 2.24) is 5.32 Å². The summed E-state index contributed by atoms with van der Waals surface area (Å²) in [5, 5.41) is 20.7. The Hall–Kier alpha value is -2.12. The number of hydrogen-bond acceptors (Lipinski definition) is 5. The van der Waals surface area contributed by atoms with Crippen molar-refractivity contribution in [2.24, 2.45) is 0 Å². The van der Waals surface area contributed by atoms with Gasteiger partial charge in [0, 0.05) is 13.5 Å². The van der Waals surface area contributed by atoms with Gasteiger partial charge in [0.1, 0.15) is 18.4 Å². The summed E-state index contributed by atoms with van der Waals surface area (Å²) in [6.45, 7) is 0.408. The van der Waals surface area contributed by atoms with Gasteiger partial charge in [0.15, 0.2) is 0 Å². The van der Waals surface area contributed by atoms with E-state index >= 15 is 0 Å². The average Bonchev–Trinajstić information content (AvgIpc) is 2.45. The van der Waals surface area contributed by atoms with Crippen LogP contribution < -0.4 is 5.32 Å². The van der Waals surface area contributed by atoms with E-state index in [2.05, 4.69) is 5.32 Å². The highest BCUT2D eigenvalue weighted by Gasteiger charge is 2.20. The fourth-order valence-electron chi connectivity index (χ4n) is 1.61. The number of methoxy groups -OCH3 is 1. The monoisotopic (exact) mass is 297 g/mol. The van der Waals surface area contributed by atoms with Crippen molar-refractivity contribution in [1.29, 1.82) is 0 Å². The van der Waals surface area contributed by atoms with E-state index in [0.717, 1.165) is 0 Å². The summed E-state index contributed by atoms with van der Waals surface area (Å²) in [4.78, 5) is 22.7. The minimum absolute atomic E-state index is 0.0983. The lowest BCUT2D eigenvalue weighted by Gasteiger charge is -2.14. The molecule has 0 saturated carbocycles. The topological polar surface area (TPSA) is 105 Å². The summed E-state index contributed by atoms with van der Waals surface area (Å²) in [7, 11) is 1.52. The predicted octanol–water partition coefficient (Wildman–Crippen LogP) is 0.167. The van der Waals surface area contributed by atoms with Gasteiger partial charge in [-0.05, 0) is 17.7 Å². The molecule has 1 aromatic rings. The number of aliphatic carboxylic acids is 1. The Morgan fingerprint density at radius 3 is 2.48 bits per heavy atom. The molecule has 0 radical (unpaired) electrons. The maximum atomic E-state index is 11.6. The van der Waals surface area contributed by atoms with Crippen molar-refractivity contribution >= 4 is 11.9 Å². The lowest BCUT2D eigenvalue weighted by atomic mass is 10.1. The predicted molar refractivity (Wildman–Crippen MR) is 74.1 cm³/mol. The number of carboxylic acid groups (broad SMARTS) is 1. The van der Waals surface area contributed by atoms with Gasteiger partial charge in [-0.25, -0.2) is 4.79 Å². The molecule has 0 aromatic heterocycles. The van der Waals surface area contributed by atoms with Gasteiger partial charge in [0.05, 0.1) is 13.2 Å². The number of carbonyl (C=O) groups excluding carboxylic acids is 1. The molecule has 1 amide bonds. The van der Waals surface area contributed by atoms with Crippen molar-refractivity contribution in [2.45, 2.75) is 12.5 Å². The Balaban J connectivity index is 2.48. The van der Waals surface area contributed by atoms with Crippen LogP contribution in [0.4, 0.5) is 0 Å². The lowest BCUT2D eigenvalue weighted by Crippen LogP contribution is -2.44. The molecule has 0 aliphatic heterocycles. The van der Waals surface area contributed by atoms with Crippen LogP contribution in [0.25, 0.3) is 0 Å². The molecular weight excluding hydrogens is 278 g/mol. The Bertz CT molecular complexity index is 459. The third-order valence-electron chi connectivity index (χ3n) is 2.67. The van der Waals surface area contributed by atoms with Crippen LogP contribution in [0.1, 0.15) is 5.56 Å². The second-order valence-corrected chi connectivity index (χ2v) is 4.37. The summed E-state index contributed by atoms with van der Waals surface area (Å²) in [5.74, 6) is -1.54. The maximum absolute atomic E-state index is 11.6. The highest BCUT2D eigenvalue weighted by atomic mass is 16.5. The van der Waals surface area contributed by atoms with Gasteiger partial charge in [-0.1, -0.05) is 12.1 Å². The number of phenolic OH excluding ortho intramolecular Hbond substituents is 1. The minimum atomic E-state index is -1.13. The van der Waals surface area contributed by atoms with Gasteiger partial charge in [-0.3, -0.25) is 4.79 Å².